The summed E-state index contributed by atoms with van der Waals surface area (Å²) in [6, 6.07) is 11.7. The molecule has 0 unspecified atom stereocenters. The summed E-state index contributed by atoms with van der Waals surface area (Å²) in [6.45, 7) is 1.96. The van der Waals surface area contributed by atoms with Gasteiger partial charge in [-0.25, -0.2) is 4.39 Å². The number of nitrogen functional groups attached to an aromatic ring is 1. The number of nitrogens with one attached hydrogen (secondary N) is 1. The summed E-state index contributed by atoms with van der Waals surface area (Å²) in [5, 5.41) is 2.54. The second-order valence-electron chi connectivity index (χ2n) is 4.36. The molecule has 0 aliphatic carbocycles. The second kappa shape index (κ2) is 6.43. The van der Waals surface area contributed by atoms with Gasteiger partial charge in [-0.1, -0.05) is 18.2 Å². The fourth-order valence-corrected chi connectivity index (χ4v) is 2.52. The van der Waals surface area contributed by atoms with Crippen LogP contribution in [0.1, 0.15) is 5.56 Å². The number of hydrogen-bond acceptors (Lipinski definition) is 3. The normalized spacial score (nSPS) is 10.3. The van der Waals surface area contributed by atoms with Crippen LogP contribution in [0.5, 0.6) is 0 Å². The molecule has 0 saturated carbocycles. The predicted octanol–water partition coefficient (Wildman–Crippen LogP) is 3.45. The standard InChI is InChI=1S/C15H15FN2OS/c1-10-6-7-12(17)14(8-10)20-9-15(19)18-13-5-3-2-4-11(13)16/h2-8H,9,17H2,1H3,(H,18,19). The maximum atomic E-state index is 13.4. The van der Waals surface area contributed by atoms with Gasteiger partial charge < -0.3 is 11.1 Å². The van der Waals surface area contributed by atoms with Crippen LogP contribution in [0.25, 0.3) is 0 Å². The molecule has 20 heavy (non-hydrogen) atoms. The van der Waals surface area contributed by atoms with Gasteiger partial charge in [0.25, 0.3) is 0 Å². The number of carbonyl (C=O) groups excluding carboxylic acids is 1. The first kappa shape index (κ1) is 14.4. The molecule has 3 nitrogen and oxygen atoms in total. The zero-order valence-electron chi connectivity index (χ0n) is 11.0. The lowest BCUT2D eigenvalue weighted by molar-refractivity contribution is -0.113. The average Bonchev–Trinajstić information content (AvgIpc) is 2.42. The number of para-hydroxylation sites is 1. The van der Waals surface area contributed by atoms with E-state index in [9.17, 15) is 9.18 Å². The van der Waals surface area contributed by atoms with Gasteiger partial charge in [-0.15, -0.1) is 11.8 Å². The van der Waals surface area contributed by atoms with E-state index in [0.717, 1.165) is 10.5 Å². The fourth-order valence-electron chi connectivity index (χ4n) is 1.66. The average molecular weight is 290 g/mol. The Hall–Kier alpha value is -2.01. The molecule has 0 bridgehead atoms. The van der Waals surface area contributed by atoms with E-state index in [1.54, 1.807) is 12.1 Å². The van der Waals surface area contributed by atoms with Crippen molar-refractivity contribution >= 4 is 29.0 Å². The first-order valence-corrected chi connectivity index (χ1v) is 7.08. The summed E-state index contributed by atoms with van der Waals surface area (Å²) in [5.74, 6) is -0.524. The molecule has 0 atom stereocenters. The maximum absolute atomic E-state index is 13.4. The third-order valence-electron chi connectivity index (χ3n) is 2.68. The van der Waals surface area contributed by atoms with E-state index in [4.69, 9.17) is 5.73 Å². The van der Waals surface area contributed by atoms with Gasteiger partial charge in [-0.05, 0) is 36.8 Å². The summed E-state index contributed by atoms with van der Waals surface area (Å²) in [4.78, 5) is 12.7. The Bertz CT molecular complexity index is 631. The van der Waals surface area contributed by atoms with Crippen molar-refractivity contribution in [1.29, 1.82) is 0 Å². The molecule has 1 amide bonds. The summed E-state index contributed by atoms with van der Waals surface area (Å²) in [6.07, 6.45) is 0. The minimum absolute atomic E-state index is 0.183. The van der Waals surface area contributed by atoms with Gasteiger partial charge in [-0.3, -0.25) is 4.79 Å². The molecule has 0 spiro atoms. The Morgan fingerprint density at radius 1 is 1.30 bits per heavy atom. The number of carbonyl (C=O) groups is 1. The Morgan fingerprint density at radius 2 is 2.05 bits per heavy atom. The van der Waals surface area contributed by atoms with Crippen LogP contribution in [0.4, 0.5) is 15.8 Å². The number of amides is 1. The zero-order chi connectivity index (χ0) is 14.5. The van der Waals surface area contributed by atoms with Gasteiger partial charge in [0.15, 0.2) is 0 Å². The van der Waals surface area contributed by atoms with E-state index in [1.165, 1.54) is 23.9 Å². The molecule has 0 aromatic heterocycles. The monoisotopic (exact) mass is 290 g/mol. The number of halogens is 1. The lowest BCUT2D eigenvalue weighted by atomic mass is 10.2. The van der Waals surface area contributed by atoms with Gasteiger partial charge >= 0.3 is 0 Å². The first-order chi connectivity index (χ1) is 9.56. The van der Waals surface area contributed by atoms with Crippen molar-refractivity contribution in [3.05, 3.63) is 53.8 Å². The molecule has 0 aliphatic rings. The molecule has 5 heteroatoms. The number of nitrogens with two attached hydrogens (primary N) is 1. The van der Waals surface area contributed by atoms with E-state index in [0.29, 0.717) is 5.69 Å². The number of aryl methyl sites for hydroxylation is 1. The highest BCUT2D eigenvalue weighted by atomic mass is 32.2. The molecule has 0 radical (unpaired) electrons. The highest BCUT2D eigenvalue weighted by Crippen LogP contribution is 2.26. The van der Waals surface area contributed by atoms with E-state index in [-0.39, 0.29) is 17.3 Å². The van der Waals surface area contributed by atoms with Crippen molar-refractivity contribution in [2.45, 2.75) is 11.8 Å². The molecular formula is C15H15FN2OS. The lowest BCUT2D eigenvalue weighted by Gasteiger charge is -2.08. The second-order valence-corrected chi connectivity index (χ2v) is 5.38. The number of thioether (sulfide) groups is 1. The summed E-state index contributed by atoms with van der Waals surface area (Å²) in [5.41, 5.74) is 7.75. The van der Waals surface area contributed by atoms with Gasteiger partial charge in [-0.2, -0.15) is 0 Å². The van der Waals surface area contributed by atoms with Crippen molar-refractivity contribution in [3.8, 4) is 0 Å². The minimum Gasteiger partial charge on any atom is -0.398 e. The van der Waals surface area contributed by atoms with E-state index < -0.39 is 5.82 Å². The van der Waals surface area contributed by atoms with Gasteiger partial charge in [0.05, 0.1) is 11.4 Å². The van der Waals surface area contributed by atoms with Crippen LogP contribution in [0.15, 0.2) is 47.4 Å². The topological polar surface area (TPSA) is 55.1 Å². The van der Waals surface area contributed by atoms with Crippen LogP contribution >= 0.6 is 11.8 Å². The van der Waals surface area contributed by atoms with Crippen molar-refractivity contribution in [3.63, 3.8) is 0 Å². The molecule has 2 aromatic carbocycles. The third-order valence-corrected chi connectivity index (χ3v) is 3.75. The predicted molar refractivity (Wildman–Crippen MR) is 81.3 cm³/mol. The smallest absolute Gasteiger partial charge is 0.234 e. The largest absolute Gasteiger partial charge is 0.398 e. The van der Waals surface area contributed by atoms with Crippen LogP contribution in [-0.2, 0) is 4.79 Å². The zero-order valence-corrected chi connectivity index (χ0v) is 11.8. The van der Waals surface area contributed by atoms with E-state index >= 15 is 0 Å². The summed E-state index contributed by atoms with van der Waals surface area (Å²) < 4.78 is 13.4. The third kappa shape index (κ3) is 3.74. The van der Waals surface area contributed by atoms with Gasteiger partial charge in [0, 0.05) is 10.6 Å². The molecule has 0 aliphatic heterocycles. The number of hydrogen-bond donors (Lipinski definition) is 2. The molecule has 0 heterocycles. The Labute approximate surface area is 121 Å². The highest BCUT2D eigenvalue weighted by Gasteiger charge is 2.08. The first-order valence-electron chi connectivity index (χ1n) is 6.09. The van der Waals surface area contributed by atoms with Gasteiger partial charge in [0.1, 0.15) is 5.82 Å². The van der Waals surface area contributed by atoms with E-state index in [1.807, 2.05) is 25.1 Å². The Kier molecular flexibility index (Phi) is 4.63. The molecule has 3 N–H and O–H groups in total. The number of rotatable bonds is 4. The molecule has 0 fully saturated rings. The molecule has 2 aromatic rings. The lowest BCUT2D eigenvalue weighted by Crippen LogP contribution is -2.15. The van der Waals surface area contributed by atoms with Crippen molar-refractivity contribution < 1.29 is 9.18 Å². The summed E-state index contributed by atoms with van der Waals surface area (Å²) >= 11 is 1.33. The molecule has 0 saturated heterocycles. The van der Waals surface area contributed by atoms with Crippen LogP contribution in [-0.4, -0.2) is 11.7 Å². The number of benzene rings is 2. The SMILES string of the molecule is Cc1ccc(N)c(SCC(=O)Nc2ccccc2F)c1. The quantitative estimate of drug-likeness (QED) is 0.670. The molecule has 2 rings (SSSR count). The van der Waals surface area contributed by atoms with Gasteiger partial charge in [0.2, 0.25) is 5.91 Å². The maximum Gasteiger partial charge on any atom is 0.234 e. The summed E-state index contributed by atoms with van der Waals surface area (Å²) in [7, 11) is 0. The van der Waals surface area contributed by atoms with Crippen molar-refractivity contribution in [2.24, 2.45) is 0 Å². The minimum atomic E-state index is -0.444. The Balaban J connectivity index is 1.96. The Morgan fingerprint density at radius 3 is 2.80 bits per heavy atom. The molecular weight excluding hydrogens is 275 g/mol. The highest BCUT2D eigenvalue weighted by molar-refractivity contribution is 8.00. The fraction of sp³-hybridized carbons (Fsp3) is 0.133. The van der Waals surface area contributed by atoms with Crippen LogP contribution in [0.2, 0.25) is 0 Å². The van der Waals surface area contributed by atoms with Crippen LogP contribution in [0.3, 0.4) is 0 Å². The van der Waals surface area contributed by atoms with Crippen molar-refractivity contribution in [1.82, 2.24) is 0 Å². The number of anilines is 2. The van der Waals surface area contributed by atoms with Crippen LogP contribution in [0, 0.1) is 12.7 Å². The van der Waals surface area contributed by atoms with Crippen LogP contribution < -0.4 is 11.1 Å². The van der Waals surface area contributed by atoms with Crippen molar-refractivity contribution in [2.75, 3.05) is 16.8 Å². The molecule has 104 valence electrons. The van der Waals surface area contributed by atoms with E-state index in [2.05, 4.69) is 5.32 Å².